The summed E-state index contributed by atoms with van der Waals surface area (Å²) in [5, 5.41) is 6.68. The molecule has 1 aliphatic carbocycles. The van der Waals surface area contributed by atoms with Crippen molar-refractivity contribution >= 4 is 29.9 Å². The number of nitrogens with zero attached hydrogens (tertiary/aromatic N) is 1. The lowest BCUT2D eigenvalue weighted by atomic mass is 10.2. The molecular formula is C15H32IN3O. The van der Waals surface area contributed by atoms with Gasteiger partial charge >= 0.3 is 0 Å². The SMILES string of the molecule is CCCCOCCCNC(=NC)NCCCC1CC1.I. The number of nitrogens with one attached hydrogen (secondary N) is 2. The molecule has 0 amide bonds. The standard InChI is InChI=1S/C15H31N3O.HI/c1-3-4-12-19-13-6-11-18-15(16-2)17-10-5-7-14-8-9-14;/h14H,3-13H2,1-2H3,(H2,16,17,18);1H. The molecule has 0 heterocycles. The second-order valence-electron chi connectivity index (χ2n) is 5.33. The lowest BCUT2D eigenvalue weighted by Gasteiger charge is -2.11. The van der Waals surface area contributed by atoms with Gasteiger partial charge in [-0.05, 0) is 31.6 Å². The van der Waals surface area contributed by atoms with E-state index in [4.69, 9.17) is 4.74 Å². The van der Waals surface area contributed by atoms with E-state index in [0.717, 1.165) is 51.0 Å². The molecule has 0 bridgehead atoms. The van der Waals surface area contributed by atoms with Crippen LogP contribution in [0.25, 0.3) is 0 Å². The first-order valence-corrected chi connectivity index (χ1v) is 7.89. The Morgan fingerprint density at radius 1 is 1.10 bits per heavy atom. The minimum atomic E-state index is 0. The first kappa shape index (κ1) is 20.0. The number of ether oxygens (including phenoxy) is 1. The fraction of sp³-hybridized carbons (Fsp3) is 0.933. The number of guanidine groups is 1. The number of halogens is 1. The summed E-state index contributed by atoms with van der Waals surface area (Å²) in [5.41, 5.74) is 0. The van der Waals surface area contributed by atoms with Crippen LogP contribution in [0, 0.1) is 5.92 Å². The van der Waals surface area contributed by atoms with Gasteiger partial charge in [0.25, 0.3) is 0 Å². The van der Waals surface area contributed by atoms with Crippen LogP contribution in [0.4, 0.5) is 0 Å². The quantitative estimate of drug-likeness (QED) is 0.244. The first-order valence-electron chi connectivity index (χ1n) is 7.89. The molecule has 20 heavy (non-hydrogen) atoms. The summed E-state index contributed by atoms with van der Waals surface area (Å²) >= 11 is 0. The van der Waals surface area contributed by atoms with Crippen molar-refractivity contribution in [3.63, 3.8) is 0 Å². The van der Waals surface area contributed by atoms with Gasteiger partial charge in [0.1, 0.15) is 0 Å². The predicted molar refractivity (Wildman–Crippen MR) is 97.1 cm³/mol. The molecule has 4 nitrogen and oxygen atoms in total. The summed E-state index contributed by atoms with van der Waals surface area (Å²) in [6, 6.07) is 0. The van der Waals surface area contributed by atoms with Crippen molar-refractivity contribution in [1.82, 2.24) is 10.6 Å². The lowest BCUT2D eigenvalue weighted by molar-refractivity contribution is 0.129. The third-order valence-corrected chi connectivity index (χ3v) is 3.40. The molecule has 1 fully saturated rings. The van der Waals surface area contributed by atoms with E-state index in [1.54, 1.807) is 0 Å². The van der Waals surface area contributed by atoms with Crippen LogP contribution in [0.3, 0.4) is 0 Å². The van der Waals surface area contributed by atoms with Crippen molar-refractivity contribution in [2.24, 2.45) is 10.9 Å². The lowest BCUT2D eigenvalue weighted by Crippen LogP contribution is -2.38. The van der Waals surface area contributed by atoms with Gasteiger partial charge in [-0.3, -0.25) is 4.99 Å². The summed E-state index contributed by atoms with van der Waals surface area (Å²) < 4.78 is 5.52. The van der Waals surface area contributed by atoms with E-state index < -0.39 is 0 Å². The van der Waals surface area contributed by atoms with Gasteiger partial charge in [-0.1, -0.05) is 26.2 Å². The molecular weight excluding hydrogens is 365 g/mol. The number of hydrogen-bond donors (Lipinski definition) is 2. The molecule has 1 aliphatic rings. The van der Waals surface area contributed by atoms with Crippen LogP contribution >= 0.6 is 24.0 Å². The van der Waals surface area contributed by atoms with Crippen molar-refractivity contribution in [1.29, 1.82) is 0 Å². The molecule has 1 rings (SSSR count). The Morgan fingerprint density at radius 2 is 1.75 bits per heavy atom. The Balaban J connectivity index is 0.00000361. The highest BCUT2D eigenvalue weighted by Gasteiger charge is 2.19. The molecule has 0 aliphatic heterocycles. The van der Waals surface area contributed by atoms with Gasteiger partial charge in [-0.15, -0.1) is 24.0 Å². The molecule has 2 N–H and O–H groups in total. The van der Waals surface area contributed by atoms with E-state index in [2.05, 4.69) is 22.5 Å². The summed E-state index contributed by atoms with van der Waals surface area (Å²) in [7, 11) is 1.83. The van der Waals surface area contributed by atoms with Crippen molar-refractivity contribution in [2.75, 3.05) is 33.4 Å². The van der Waals surface area contributed by atoms with Gasteiger partial charge < -0.3 is 15.4 Å². The van der Waals surface area contributed by atoms with Crippen LogP contribution in [-0.4, -0.2) is 39.3 Å². The van der Waals surface area contributed by atoms with Gasteiger partial charge in [-0.2, -0.15) is 0 Å². The molecule has 0 atom stereocenters. The van der Waals surface area contributed by atoms with E-state index in [1.165, 1.54) is 32.1 Å². The van der Waals surface area contributed by atoms with E-state index in [-0.39, 0.29) is 24.0 Å². The molecule has 0 unspecified atom stereocenters. The number of unbranched alkanes of at least 4 members (excludes halogenated alkanes) is 1. The number of rotatable bonds is 11. The van der Waals surface area contributed by atoms with Crippen LogP contribution in [0.1, 0.15) is 51.9 Å². The summed E-state index contributed by atoms with van der Waals surface area (Å²) in [4.78, 5) is 4.22. The summed E-state index contributed by atoms with van der Waals surface area (Å²) in [5.74, 6) is 1.95. The number of hydrogen-bond acceptors (Lipinski definition) is 2. The van der Waals surface area contributed by atoms with E-state index in [0.29, 0.717) is 0 Å². The fourth-order valence-corrected chi connectivity index (χ4v) is 1.95. The second kappa shape index (κ2) is 13.9. The van der Waals surface area contributed by atoms with Crippen LogP contribution in [0.2, 0.25) is 0 Å². The zero-order valence-corrected chi connectivity index (χ0v) is 15.4. The predicted octanol–water partition coefficient (Wildman–Crippen LogP) is 3.17. The van der Waals surface area contributed by atoms with E-state index in [9.17, 15) is 0 Å². The molecule has 0 aromatic rings. The smallest absolute Gasteiger partial charge is 0.190 e. The Hall–Kier alpha value is -0.0400. The van der Waals surface area contributed by atoms with Crippen molar-refractivity contribution in [3.05, 3.63) is 0 Å². The first-order chi connectivity index (χ1) is 9.36. The maximum Gasteiger partial charge on any atom is 0.190 e. The topological polar surface area (TPSA) is 45.6 Å². The van der Waals surface area contributed by atoms with Gasteiger partial charge in [0.2, 0.25) is 0 Å². The molecule has 0 spiro atoms. The van der Waals surface area contributed by atoms with E-state index >= 15 is 0 Å². The third kappa shape index (κ3) is 11.8. The normalized spacial score (nSPS) is 14.8. The second-order valence-corrected chi connectivity index (χ2v) is 5.33. The highest BCUT2D eigenvalue weighted by atomic mass is 127. The van der Waals surface area contributed by atoms with Crippen molar-refractivity contribution < 1.29 is 4.74 Å². The van der Waals surface area contributed by atoms with E-state index in [1.807, 2.05) is 7.05 Å². The fourth-order valence-electron chi connectivity index (χ4n) is 1.95. The minimum absolute atomic E-state index is 0. The Kier molecular flexibility index (Phi) is 13.9. The molecule has 120 valence electrons. The zero-order valence-electron chi connectivity index (χ0n) is 13.1. The van der Waals surface area contributed by atoms with Crippen LogP contribution < -0.4 is 10.6 Å². The Labute approximate surface area is 141 Å². The maximum absolute atomic E-state index is 5.52. The van der Waals surface area contributed by atoms with Crippen LogP contribution in [0.15, 0.2) is 4.99 Å². The largest absolute Gasteiger partial charge is 0.381 e. The highest BCUT2D eigenvalue weighted by molar-refractivity contribution is 14.0. The Bertz CT molecular complexity index is 245. The Morgan fingerprint density at radius 3 is 2.35 bits per heavy atom. The summed E-state index contributed by atoms with van der Waals surface area (Å²) in [6.45, 7) is 5.87. The van der Waals surface area contributed by atoms with Gasteiger partial charge in [0, 0.05) is 33.4 Å². The van der Waals surface area contributed by atoms with Crippen LogP contribution in [-0.2, 0) is 4.74 Å². The third-order valence-electron chi connectivity index (χ3n) is 3.40. The zero-order chi connectivity index (χ0) is 13.8. The summed E-state index contributed by atoms with van der Waals surface area (Å²) in [6.07, 6.45) is 8.93. The molecule has 5 heteroatoms. The van der Waals surface area contributed by atoms with Crippen LogP contribution in [0.5, 0.6) is 0 Å². The average Bonchev–Trinajstić information content (AvgIpc) is 3.24. The molecule has 0 saturated heterocycles. The molecule has 1 saturated carbocycles. The van der Waals surface area contributed by atoms with Crippen molar-refractivity contribution in [2.45, 2.75) is 51.9 Å². The van der Waals surface area contributed by atoms with Gasteiger partial charge in [0.05, 0.1) is 0 Å². The monoisotopic (exact) mass is 397 g/mol. The van der Waals surface area contributed by atoms with Crippen molar-refractivity contribution in [3.8, 4) is 0 Å². The molecule has 0 aromatic carbocycles. The maximum atomic E-state index is 5.52. The van der Waals surface area contributed by atoms with Gasteiger partial charge in [-0.25, -0.2) is 0 Å². The molecule has 0 radical (unpaired) electrons. The minimum Gasteiger partial charge on any atom is -0.381 e. The molecule has 0 aromatic heterocycles. The van der Waals surface area contributed by atoms with Gasteiger partial charge in [0.15, 0.2) is 5.96 Å². The highest BCUT2D eigenvalue weighted by Crippen LogP contribution is 2.33. The average molecular weight is 397 g/mol. The number of aliphatic imine (C=N–C) groups is 1.